The summed E-state index contributed by atoms with van der Waals surface area (Å²) in [5.74, 6) is 1.94. The maximum atomic E-state index is 3.44. The van der Waals surface area contributed by atoms with E-state index in [4.69, 9.17) is 0 Å². The van der Waals surface area contributed by atoms with Crippen LogP contribution in [0.3, 0.4) is 0 Å². The lowest BCUT2D eigenvalue weighted by atomic mass is 10.0. The van der Waals surface area contributed by atoms with Crippen LogP contribution in [0.15, 0.2) is 0 Å². The van der Waals surface area contributed by atoms with E-state index in [0.717, 1.165) is 11.8 Å². The van der Waals surface area contributed by atoms with E-state index >= 15 is 0 Å². The molecule has 10 heavy (non-hydrogen) atoms. The van der Waals surface area contributed by atoms with E-state index in [-0.39, 0.29) is 0 Å². The van der Waals surface area contributed by atoms with Crippen molar-refractivity contribution in [2.24, 2.45) is 11.8 Å². The van der Waals surface area contributed by atoms with E-state index in [1.165, 1.54) is 32.7 Å². The lowest BCUT2D eigenvalue weighted by Crippen LogP contribution is -2.25. The molecular formula is C8H16N2. The Morgan fingerprint density at radius 3 is 2.40 bits per heavy atom. The molecule has 0 aromatic carbocycles. The summed E-state index contributed by atoms with van der Waals surface area (Å²) in [4.78, 5) is 2.57. The van der Waals surface area contributed by atoms with Gasteiger partial charge in [0.1, 0.15) is 0 Å². The maximum Gasteiger partial charge on any atom is 0.00254 e. The summed E-state index contributed by atoms with van der Waals surface area (Å²) in [6, 6.07) is 0. The Morgan fingerprint density at radius 1 is 1.30 bits per heavy atom. The molecule has 2 rings (SSSR count). The molecule has 0 bridgehead atoms. The minimum atomic E-state index is 0.972. The van der Waals surface area contributed by atoms with Gasteiger partial charge in [0.2, 0.25) is 0 Å². The largest absolute Gasteiger partial charge is 0.316 e. The second kappa shape index (κ2) is 2.51. The highest BCUT2D eigenvalue weighted by molar-refractivity contribution is 4.90. The molecule has 2 nitrogen and oxygen atoms in total. The third-order valence-electron chi connectivity index (χ3n) is 2.91. The van der Waals surface area contributed by atoms with Crippen LogP contribution in [0.5, 0.6) is 0 Å². The molecule has 2 aliphatic heterocycles. The van der Waals surface area contributed by atoms with Crippen molar-refractivity contribution in [1.82, 2.24) is 10.2 Å². The smallest absolute Gasteiger partial charge is 0.00254 e. The van der Waals surface area contributed by atoms with Gasteiger partial charge in [-0.05, 0) is 31.5 Å². The molecule has 0 aromatic heterocycles. The highest BCUT2D eigenvalue weighted by Gasteiger charge is 2.34. The first-order chi connectivity index (χ1) is 4.90. The molecule has 2 fully saturated rings. The molecule has 0 saturated carbocycles. The lowest BCUT2D eigenvalue weighted by molar-refractivity contribution is 0.330. The highest BCUT2D eigenvalue weighted by atomic mass is 15.2. The number of fused-ring (bicyclic) bond motifs is 1. The van der Waals surface area contributed by atoms with Gasteiger partial charge in [-0.15, -0.1) is 0 Å². The average molecular weight is 140 g/mol. The molecule has 1 unspecified atom stereocenters. The molecular weight excluding hydrogens is 124 g/mol. The Balaban J connectivity index is 1.94. The second-order valence-corrected chi connectivity index (χ2v) is 3.53. The topological polar surface area (TPSA) is 15.3 Å². The van der Waals surface area contributed by atoms with Crippen LogP contribution in [0.25, 0.3) is 0 Å². The van der Waals surface area contributed by atoms with Gasteiger partial charge >= 0.3 is 0 Å². The monoisotopic (exact) mass is 140 g/mol. The van der Waals surface area contributed by atoms with Crippen LogP contribution in [-0.4, -0.2) is 37.6 Å². The van der Waals surface area contributed by atoms with Crippen molar-refractivity contribution in [3.05, 3.63) is 0 Å². The van der Waals surface area contributed by atoms with E-state index < -0.39 is 0 Å². The Labute approximate surface area is 62.6 Å². The average Bonchev–Trinajstić information content (AvgIpc) is 2.42. The Morgan fingerprint density at radius 2 is 1.90 bits per heavy atom. The van der Waals surface area contributed by atoms with Crippen molar-refractivity contribution >= 4 is 0 Å². The fourth-order valence-corrected chi connectivity index (χ4v) is 2.21. The number of hydrogen-bond donors (Lipinski definition) is 1. The maximum absolute atomic E-state index is 3.44. The SMILES string of the molecule is CCN1CC2CNC[C@@H]2C1. The van der Waals surface area contributed by atoms with Crippen LogP contribution in [0.2, 0.25) is 0 Å². The van der Waals surface area contributed by atoms with Gasteiger partial charge in [-0.2, -0.15) is 0 Å². The zero-order chi connectivity index (χ0) is 6.97. The van der Waals surface area contributed by atoms with Crippen molar-refractivity contribution in [3.63, 3.8) is 0 Å². The number of rotatable bonds is 1. The summed E-state index contributed by atoms with van der Waals surface area (Å²) < 4.78 is 0. The van der Waals surface area contributed by atoms with Crippen LogP contribution >= 0.6 is 0 Å². The van der Waals surface area contributed by atoms with Gasteiger partial charge in [-0.25, -0.2) is 0 Å². The van der Waals surface area contributed by atoms with Gasteiger partial charge in [0.15, 0.2) is 0 Å². The van der Waals surface area contributed by atoms with Gasteiger partial charge in [-0.3, -0.25) is 0 Å². The summed E-state index contributed by atoms with van der Waals surface area (Å²) in [6.45, 7) is 8.71. The Bertz CT molecular complexity index is 112. The van der Waals surface area contributed by atoms with Gasteiger partial charge in [0.05, 0.1) is 0 Å². The van der Waals surface area contributed by atoms with E-state index in [1.807, 2.05) is 0 Å². The fourth-order valence-electron chi connectivity index (χ4n) is 2.21. The molecule has 0 aromatic rings. The van der Waals surface area contributed by atoms with Crippen molar-refractivity contribution in [2.75, 3.05) is 32.7 Å². The van der Waals surface area contributed by atoms with Crippen LogP contribution in [0, 0.1) is 11.8 Å². The first-order valence-corrected chi connectivity index (χ1v) is 4.33. The first kappa shape index (κ1) is 6.62. The molecule has 2 heterocycles. The lowest BCUT2D eigenvalue weighted by Gasteiger charge is -2.12. The molecule has 0 radical (unpaired) electrons. The highest BCUT2D eigenvalue weighted by Crippen LogP contribution is 2.25. The number of nitrogens with zero attached hydrogens (tertiary/aromatic N) is 1. The van der Waals surface area contributed by atoms with Crippen LogP contribution in [0.1, 0.15) is 6.92 Å². The molecule has 58 valence electrons. The Hall–Kier alpha value is -0.0800. The standard InChI is InChI=1S/C8H16N2/c1-2-10-5-7-3-9-4-8(7)6-10/h7-9H,2-6H2,1H3/t7-,8?/m1/s1. The van der Waals surface area contributed by atoms with Crippen molar-refractivity contribution in [2.45, 2.75) is 6.92 Å². The first-order valence-electron chi connectivity index (χ1n) is 4.33. The molecule has 0 amide bonds. The minimum absolute atomic E-state index is 0.972. The molecule has 0 aliphatic carbocycles. The van der Waals surface area contributed by atoms with Crippen molar-refractivity contribution in [1.29, 1.82) is 0 Å². The zero-order valence-electron chi connectivity index (χ0n) is 6.64. The fraction of sp³-hybridized carbons (Fsp3) is 1.00. The van der Waals surface area contributed by atoms with Crippen molar-refractivity contribution < 1.29 is 0 Å². The third-order valence-corrected chi connectivity index (χ3v) is 2.91. The van der Waals surface area contributed by atoms with Gasteiger partial charge in [0.25, 0.3) is 0 Å². The zero-order valence-corrected chi connectivity index (χ0v) is 6.64. The molecule has 2 saturated heterocycles. The molecule has 2 heteroatoms. The Kier molecular flexibility index (Phi) is 1.66. The predicted molar refractivity (Wildman–Crippen MR) is 42.0 cm³/mol. The summed E-state index contributed by atoms with van der Waals surface area (Å²) in [5.41, 5.74) is 0. The molecule has 1 N–H and O–H groups in total. The minimum Gasteiger partial charge on any atom is -0.316 e. The van der Waals surface area contributed by atoms with Gasteiger partial charge in [0, 0.05) is 13.1 Å². The molecule has 0 spiro atoms. The molecule has 2 aliphatic rings. The third kappa shape index (κ3) is 0.956. The van der Waals surface area contributed by atoms with Gasteiger partial charge < -0.3 is 10.2 Å². The number of hydrogen-bond acceptors (Lipinski definition) is 2. The molecule has 2 atom stereocenters. The second-order valence-electron chi connectivity index (χ2n) is 3.53. The van der Waals surface area contributed by atoms with Crippen LogP contribution < -0.4 is 5.32 Å². The van der Waals surface area contributed by atoms with Gasteiger partial charge in [-0.1, -0.05) is 6.92 Å². The summed E-state index contributed by atoms with van der Waals surface area (Å²) in [6.07, 6.45) is 0. The van der Waals surface area contributed by atoms with Crippen LogP contribution in [-0.2, 0) is 0 Å². The summed E-state index contributed by atoms with van der Waals surface area (Å²) in [5, 5.41) is 3.44. The normalized spacial score (nSPS) is 40.5. The van der Waals surface area contributed by atoms with Crippen molar-refractivity contribution in [3.8, 4) is 0 Å². The summed E-state index contributed by atoms with van der Waals surface area (Å²) >= 11 is 0. The number of nitrogens with one attached hydrogen (secondary N) is 1. The van der Waals surface area contributed by atoms with E-state index in [0.29, 0.717) is 0 Å². The number of likely N-dealkylation sites (tertiary alicyclic amines) is 1. The van der Waals surface area contributed by atoms with E-state index in [1.54, 1.807) is 0 Å². The quantitative estimate of drug-likeness (QED) is 0.558. The summed E-state index contributed by atoms with van der Waals surface area (Å²) in [7, 11) is 0. The van der Waals surface area contributed by atoms with E-state index in [2.05, 4.69) is 17.1 Å². The predicted octanol–water partition coefficient (Wildman–Crippen LogP) is 0.158. The van der Waals surface area contributed by atoms with Crippen LogP contribution in [0.4, 0.5) is 0 Å². The van der Waals surface area contributed by atoms with E-state index in [9.17, 15) is 0 Å².